The van der Waals surface area contributed by atoms with Gasteiger partial charge in [-0.15, -0.1) is 0 Å². The fraction of sp³-hybridized carbons (Fsp3) is 0.500. The van der Waals surface area contributed by atoms with Gasteiger partial charge in [0.25, 0.3) is 0 Å². The van der Waals surface area contributed by atoms with E-state index in [0.29, 0.717) is 18.5 Å². The smallest absolute Gasteiger partial charge is 0.308 e. The Morgan fingerprint density at radius 3 is 2.79 bits per heavy atom. The van der Waals surface area contributed by atoms with Crippen molar-refractivity contribution in [3.63, 3.8) is 0 Å². The van der Waals surface area contributed by atoms with E-state index in [1.54, 1.807) is 25.1 Å². The average Bonchev–Trinajstić information content (AvgIpc) is 2.38. The van der Waals surface area contributed by atoms with Crippen LogP contribution in [-0.4, -0.2) is 35.4 Å². The van der Waals surface area contributed by atoms with Crippen molar-refractivity contribution in [2.24, 2.45) is 5.73 Å². The van der Waals surface area contributed by atoms with E-state index in [0.717, 1.165) is 5.56 Å². The lowest BCUT2D eigenvalue weighted by Gasteiger charge is -2.18. The quantitative estimate of drug-likeness (QED) is 0.627. The Labute approximate surface area is 113 Å². The van der Waals surface area contributed by atoms with E-state index in [1.165, 1.54) is 0 Å². The second-order valence-corrected chi connectivity index (χ2v) is 4.31. The molecule has 0 aromatic heterocycles. The molecule has 0 aliphatic heterocycles. The molecule has 0 aliphatic carbocycles. The Hall–Kier alpha value is -1.43. The number of aliphatic hydroxyl groups is 2. The Kier molecular flexibility index (Phi) is 6.49. The van der Waals surface area contributed by atoms with Gasteiger partial charge < -0.3 is 20.7 Å². The molecular formula is C14H21NO4. The van der Waals surface area contributed by atoms with E-state index in [1.807, 2.05) is 6.07 Å². The molecule has 0 spiro atoms. The van der Waals surface area contributed by atoms with Crippen LogP contribution >= 0.6 is 0 Å². The van der Waals surface area contributed by atoms with Crippen molar-refractivity contribution in [3.8, 4) is 0 Å². The SMILES string of the molecule is CCOC(=O)CC(O)C(O)c1cccc(CCN)c1. The van der Waals surface area contributed by atoms with Crippen LogP contribution in [0.3, 0.4) is 0 Å². The topological polar surface area (TPSA) is 92.8 Å². The lowest BCUT2D eigenvalue weighted by molar-refractivity contribution is -0.147. The lowest BCUT2D eigenvalue weighted by Crippen LogP contribution is -2.23. The van der Waals surface area contributed by atoms with E-state index in [-0.39, 0.29) is 13.0 Å². The minimum absolute atomic E-state index is 0.226. The number of hydrogen-bond donors (Lipinski definition) is 3. The van der Waals surface area contributed by atoms with E-state index in [9.17, 15) is 15.0 Å². The third-order valence-electron chi connectivity index (χ3n) is 2.77. The highest BCUT2D eigenvalue weighted by molar-refractivity contribution is 5.70. The Bertz CT molecular complexity index is 408. The molecular weight excluding hydrogens is 246 g/mol. The number of carbonyl (C=O) groups is 1. The molecule has 2 atom stereocenters. The van der Waals surface area contributed by atoms with Crippen LogP contribution in [0.5, 0.6) is 0 Å². The predicted octanol–water partition coefficient (Wildman–Crippen LogP) is 0.535. The maximum absolute atomic E-state index is 11.2. The van der Waals surface area contributed by atoms with Crippen LogP contribution in [0.15, 0.2) is 24.3 Å². The van der Waals surface area contributed by atoms with Gasteiger partial charge in [0.2, 0.25) is 0 Å². The first-order valence-electron chi connectivity index (χ1n) is 6.39. The van der Waals surface area contributed by atoms with Gasteiger partial charge in [0, 0.05) is 0 Å². The summed E-state index contributed by atoms with van der Waals surface area (Å²) in [7, 11) is 0. The molecule has 0 fully saturated rings. The molecule has 0 radical (unpaired) electrons. The summed E-state index contributed by atoms with van der Waals surface area (Å²) in [6, 6.07) is 7.19. The number of esters is 1. The maximum Gasteiger partial charge on any atom is 0.308 e. The average molecular weight is 267 g/mol. The molecule has 1 aromatic carbocycles. The summed E-state index contributed by atoms with van der Waals surface area (Å²) in [4.78, 5) is 11.2. The number of rotatable bonds is 7. The predicted molar refractivity (Wildman–Crippen MR) is 71.4 cm³/mol. The van der Waals surface area contributed by atoms with Gasteiger partial charge in [0.05, 0.1) is 19.1 Å². The van der Waals surface area contributed by atoms with Crippen LogP contribution < -0.4 is 5.73 Å². The molecule has 0 amide bonds. The summed E-state index contributed by atoms with van der Waals surface area (Å²) in [5, 5.41) is 19.8. The van der Waals surface area contributed by atoms with Crippen molar-refractivity contribution in [3.05, 3.63) is 35.4 Å². The molecule has 0 heterocycles. The molecule has 106 valence electrons. The molecule has 0 aliphatic rings. The lowest BCUT2D eigenvalue weighted by atomic mass is 9.99. The maximum atomic E-state index is 11.2. The number of nitrogens with two attached hydrogens (primary N) is 1. The fourth-order valence-corrected chi connectivity index (χ4v) is 1.82. The van der Waals surface area contributed by atoms with Crippen LogP contribution in [0.2, 0.25) is 0 Å². The third kappa shape index (κ3) is 4.98. The molecule has 4 N–H and O–H groups in total. The zero-order valence-electron chi connectivity index (χ0n) is 11.1. The van der Waals surface area contributed by atoms with Gasteiger partial charge in [-0.2, -0.15) is 0 Å². The fourth-order valence-electron chi connectivity index (χ4n) is 1.82. The van der Waals surface area contributed by atoms with Gasteiger partial charge >= 0.3 is 5.97 Å². The number of benzene rings is 1. The van der Waals surface area contributed by atoms with Crippen LogP contribution in [-0.2, 0) is 16.0 Å². The minimum atomic E-state index is -1.17. The molecule has 0 saturated carbocycles. The van der Waals surface area contributed by atoms with Gasteiger partial charge in [-0.1, -0.05) is 24.3 Å². The summed E-state index contributed by atoms with van der Waals surface area (Å²) < 4.78 is 4.73. The summed E-state index contributed by atoms with van der Waals surface area (Å²) in [5.74, 6) is -0.521. The third-order valence-corrected chi connectivity index (χ3v) is 2.77. The van der Waals surface area contributed by atoms with Crippen LogP contribution in [0.4, 0.5) is 0 Å². The Morgan fingerprint density at radius 1 is 1.42 bits per heavy atom. The number of carbonyl (C=O) groups excluding carboxylic acids is 1. The molecule has 1 rings (SSSR count). The molecule has 1 aromatic rings. The molecule has 19 heavy (non-hydrogen) atoms. The van der Waals surface area contributed by atoms with Crippen molar-refractivity contribution >= 4 is 5.97 Å². The zero-order valence-corrected chi connectivity index (χ0v) is 11.1. The van der Waals surface area contributed by atoms with Gasteiger partial charge in [-0.25, -0.2) is 0 Å². The highest BCUT2D eigenvalue weighted by Crippen LogP contribution is 2.20. The monoisotopic (exact) mass is 267 g/mol. The van der Waals surface area contributed by atoms with Crippen molar-refractivity contribution in [2.45, 2.75) is 32.0 Å². The first-order valence-corrected chi connectivity index (χ1v) is 6.39. The molecule has 0 saturated heterocycles. The molecule has 2 unspecified atom stereocenters. The van der Waals surface area contributed by atoms with Gasteiger partial charge in [0.15, 0.2) is 0 Å². The van der Waals surface area contributed by atoms with E-state index in [2.05, 4.69) is 0 Å². The zero-order chi connectivity index (χ0) is 14.3. The van der Waals surface area contributed by atoms with Gasteiger partial charge in [-0.3, -0.25) is 4.79 Å². The molecule has 5 heteroatoms. The van der Waals surface area contributed by atoms with Crippen LogP contribution in [0, 0.1) is 0 Å². The Morgan fingerprint density at radius 2 is 2.16 bits per heavy atom. The molecule has 5 nitrogen and oxygen atoms in total. The van der Waals surface area contributed by atoms with Crippen molar-refractivity contribution < 1.29 is 19.7 Å². The number of ether oxygens (including phenoxy) is 1. The normalized spacial score (nSPS) is 13.9. The van der Waals surface area contributed by atoms with E-state index >= 15 is 0 Å². The van der Waals surface area contributed by atoms with Crippen molar-refractivity contribution in [1.29, 1.82) is 0 Å². The number of aliphatic hydroxyl groups excluding tert-OH is 2. The first kappa shape index (κ1) is 15.6. The number of hydrogen-bond acceptors (Lipinski definition) is 5. The van der Waals surface area contributed by atoms with Crippen molar-refractivity contribution in [2.75, 3.05) is 13.2 Å². The summed E-state index contributed by atoms with van der Waals surface area (Å²) >= 11 is 0. The standard InChI is InChI=1S/C14H21NO4/c1-2-19-13(17)9-12(16)14(18)11-5-3-4-10(8-11)6-7-15/h3-5,8,12,14,16,18H,2,6-7,9,15H2,1H3. The molecule has 0 bridgehead atoms. The second-order valence-electron chi connectivity index (χ2n) is 4.31. The van der Waals surface area contributed by atoms with Crippen molar-refractivity contribution in [1.82, 2.24) is 0 Å². The van der Waals surface area contributed by atoms with Crippen LogP contribution in [0.25, 0.3) is 0 Å². The van der Waals surface area contributed by atoms with Crippen LogP contribution in [0.1, 0.15) is 30.6 Å². The highest BCUT2D eigenvalue weighted by Gasteiger charge is 2.22. The summed E-state index contributed by atoms with van der Waals surface area (Å²) in [6.07, 6.45) is -1.81. The summed E-state index contributed by atoms with van der Waals surface area (Å²) in [6.45, 7) is 2.47. The summed E-state index contributed by atoms with van der Waals surface area (Å²) in [5.41, 5.74) is 7.03. The van der Waals surface area contributed by atoms with E-state index in [4.69, 9.17) is 10.5 Å². The highest BCUT2D eigenvalue weighted by atomic mass is 16.5. The Balaban J connectivity index is 2.67. The van der Waals surface area contributed by atoms with Gasteiger partial charge in [-0.05, 0) is 31.0 Å². The van der Waals surface area contributed by atoms with E-state index < -0.39 is 18.2 Å². The first-order chi connectivity index (χ1) is 9.08. The largest absolute Gasteiger partial charge is 0.466 e. The second kappa shape index (κ2) is 7.89. The minimum Gasteiger partial charge on any atom is -0.466 e. The van der Waals surface area contributed by atoms with Gasteiger partial charge in [0.1, 0.15) is 6.10 Å².